The second kappa shape index (κ2) is 4.27. The summed E-state index contributed by atoms with van der Waals surface area (Å²) in [6.07, 6.45) is 2.83. The van der Waals surface area contributed by atoms with Crippen LogP contribution in [-0.2, 0) is 14.6 Å². The van der Waals surface area contributed by atoms with Gasteiger partial charge in [0.05, 0.1) is 0 Å². The monoisotopic (exact) mass is 220 g/mol. The third-order valence-corrected chi connectivity index (χ3v) is 2.97. The molecule has 82 valence electrons. The second-order valence-electron chi connectivity index (χ2n) is 3.81. The number of nitrogens with two attached hydrogens (primary N) is 1. The van der Waals surface area contributed by atoms with E-state index in [1.54, 1.807) is 0 Å². The van der Waals surface area contributed by atoms with Gasteiger partial charge >= 0.3 is 0 Å². The molecule has 6 heteroatoms. The Labute approximate surface area is 84.2 Å². The van der Waals surface area contributed by atoms with Crippen molar-refractivity contribution < 1.29 is 13.2 Å². The van der Waals surface area contributed by atoms with Gasteiger partial charge in [0, 0.05) is 25.4 Å². The van der Waals surface area contributed by atoms with E-state index in [9.17, 15) is 13.2 Å². The molecule has 1 aliphatic heterocycles. The highest BCUT2D eigenvalue weighted by atomic mass is 32.2. The van der Waals surface area contributed by atoms with Gasteiger partial charge in [-0.25, -0.2) is 8.42 Å². The van der Waals surface area contributed by atoms with Crippen LogP contribution < -0.4 is 5.73 Å². The first-order valence-electron chi connectivity index (χ1n) is 4.59. The van der Waals surface area contributed by atoms with Crippen LogP contribution in [0.3, 0.4) is 0 Å². The fourth-order valence-corrected chi connectivity index (χ4v) is 2.18. The highest BCUT2D eigenvalue weighted by Crippen LogP contribution is 2.08. The highest BCUT2D eigenvalue weighted by molar-refractivity contribution is 7.91. The third kappa shape index (κ3) is 3.63. The molecule has 1 atom stereocenters. The molecule has 1 unspecified atom stereocenters. The average molecular weight is 220 g/mol. The van der Waals surface area contributed by atoms with Crippen LogP contribution in [0.2, 0.25) is 0 Å². The number of rotatable bonds is 2. The van der Waals surface area contributed by atoms with Gasteiger partial charge in [0.1, 0.15) is 5.75 Å². The van der Waals surface area contributed by atoms with E-state index in [0.717, 1.165) is 19.1 Å². The highest BCUT2D eigenvalue weighted by Gasteiger charge is 2.23. The molecule has 1 fully saturated rings. The van der Waals surface area contributed by atoms with Crippen LogP contribution in [0.25, 0.3) is 0 Å². The molecule has 2 N–H and O–H groups in total. The van der Waals surface area contributed by atoms with Gasteiger partial charge in [0.25, 0.3) is 0 Å². The lowest BCUT2D eigenvalue weighted by Crippen LogP contribution is -2.47. The van der Waals surface area contributed by atoms with E-state index in [1.807, 2.05) is 0 Å². The number of carbonyl (C=O) groups excluding carboxylic acids is 1. The van der Waals surface area contributed by atoms with Crippen LogP contribution in [0.1, 0.15) is 12.8 Å². The maximum Gasteiger partial charge on any atom is 0.237 e. The lowest BCUT2D eigenvalue weighted by atomic mass is 10.1. The van der Waals surface area contributed by atoms with Gasteiger partial charge < -0.3 is 10.6 Å². The van der Waals surface area contributed by atoms with Gasteiger partial charge in [-0.1, -0.05) is 0 Å². The van der Waals surface area contributed by atoms with E-state index in [-0.39, 0.29) is 11.9 Å². The number of likely N-dealkylation sites (tertiary alicyclic amines) is 1. The number of carbonyl (C=O) groups is 1. The summed E-state index contributed by atoms with van der Waals surface area (Å²) in [4.78, 5) is 13.0. The summed E-state index contributed by atoms with van der Waals surface area (Å²) >= 11 is 0. The quantitative estimate of drug-likeness (QED) is 0.646. The Morgan fingerprint density at radius 2 is 2.21 bits per heavy atom. The zero-order chi connectivity index (χ0) is 10.8. The molecule has 0 aliphatic carbocycles. The van der Waals surface area contributed by atoms with Crippen LogP contribution in [0, 0.1) is 0 Å². The smallest absolute Gasteiger partial charge is 0.237 e. The molecule has 14 heavy (non-hydrogen) atoms. The Kier molecular flexibility index (Phi) is 3.49. The molecule has 1 saturated heterocycles. The Hall–Kier alpha value is -0.620. The number of nitrogens with zero attached hydrogens (tertiary/aromatic N) is 1. The lowest BCUT2D eigenvalue weighted by Gasteiger charge is -2.30. The Morgan fingerprint density at radius 3 is 2.71 bits per heavy atom. The molecule has 0 aromatic carbocycles. The molecule has 1 heterocycles. The average Bonchev–Trinajstić information content (AvgIpc) is 2.01. The number of hydrogen-bond acceptors (Lipinski definition) is 4. The standard InChI is InChI=1S/C8H16N2O3S/c1-14(12,13)6-8(11)10-4-2-3-7(9)5-10/h7H,2-6,9H2,1H3. The van der Waals surface area contributed by atoms with Gasteiger partial charge in [-0.05, 0) is 12.8 Å². The van der Waals surface area contributed by atoms with Crippen molar-refractivity contribution in [2.24, 2.45) is 5.73 Å². The van der Waals surface area contributed by atoms with Crippen molar-refractivity contribution >= 4 is 15.7 Å². The number of sulfone groups is 1. The van der Waals surface area contributed by atoms with Gasteiger partial charge in [0.15, 0.2) is 9.84 Å². The minimum atomic E-state index is -3.22. The minimum absolute atomic E-state index is 0.00717. The van der Waals surface area contributed by atoms with E-state index in [2.05, 4.69) is 0 Å². The molecular formula is C8H16N2O3S. The van der Waals surface area contributed by atoms with Crippen molar-refractivity contribution in [1.29, 1.82) is 0 Å². The maximum absolute atomic E-state index is 11.5. The fourth-order valence-electron chi connectivity index (χ4n) is 1.55. The summed E-state index contributed by atoms with van der Waals surface area (Å²) in [6, 6.07) is -0.00717. The van der Waals surface area contributed by atoms with Crippen molar-refractivity contribution in [3.05, 3.63) is 0 Å². The predicted octanol–water partition coefficient (Wildman–Crippen LogP) is -1.02. The first-order valence-corrected chi connectivity index (χ1v) is 6.65. The third-order valence-electron chi connectivity index (χ3n) is 2.20. The number of amides is 1. The molecule has 0 aromatic heterocycles. The molecule has 1 rings (SSSR count). The molecule has 0 radical (unpaired) electrons. The van der Waals surface area contributed by atoms with Gasteiger partial charge in [-0.2, -0.15) is 0 Å². The van der Waals surface area contributed by atoms with E-state index >= 15 is 0 Å². The summed E-state index contributed by atoms with van der Waals surface area (Å²) in [7, 11) is -3.22. The van der Waals surface area contributed by atoms with Crippen LogP contribution in [0.15, 0.2) is 0 Å². The van der Waals surface area contributed by atoms with Gasteiger partial charge in [-0.15, -0.1) is 0 Å². The molecule has 5 nitrogen and oxygen atoms in total. The van der Waals surface area contributed by atoms with E-state index in [4.69, 9.17) is 5.73 Å². The Morgan fingerprint density at radius 1 is 1.57 bits per heavy atom. The first-order chi connectivity index (χ1) is 6.38. The SMILES string of the molecule is CS(=O)(=O)CC(=O)N1CCCC(N)C1. The van der Waals surface area contributed by atoms with Crippen molar-refractivity contribution in [3.8, 4) is 0 Å². The largest absolute Gasteiger partial charge is 0.340 e. The van der Waals surface area contributed by atoms with E-state index in [1.165, 1.54) is 4.90 Å². The van der Waals surface area contributed by atoms with E-state index < -0.39 is 15.6 Å². The lowest BCUT2D eigenvalue weighted by molar-refractivity contribution is -0.129. The Balaban J connectivity index is 2.52. The van der Waals surface area contributed by atoms with Crippen molar-refractivity contribution in [2.75, 3.05) is 25.1 Å². The van der Waals surface area contributed by atoms with E-state index in [0.29, 0.717) is 13.1 Å². The zero-order valence-corrected chi connectivity index (χ0v) is 9.09. The van der Waals surface area contributed by atoms with Crippen molar-refractivity contribution in [1.82, 2.24) is 4.90 Å². The van der Waals surface area contributed by atoms with Crippen LogP contribution in [0.5, 0.6) is 0 Å². The first kappa shape index (κ1) is 11.5. The fraction of sp³-hybridized carbons (Fsp3) is 0.875. The molecule has 0 spiro atoms. The summed E-state index contributed by atoms with van der Waals surface area (Å²) in [5, 5.41) is 0. The summed E-state index contributed by atoms with van der Waals surface area (Å²) in [5.41, 5.74) is 5.68. The molecule has 0 bridgehead atoms. The normalized spacial score (nSPS) is 23.6. The Bertz CT molecular complexity index is 313. The minimum Gasteiger partial charge on any atom is -0.340 e. The van der Waals surface area contributed by atoms with Crippen LogP contribution in [0.4, 0.5) is 0 Å². The van der Waals surface area contributed by atoms with Crippen molar-refractivity contribution in [2.45, 2.75) is 18.9 Å². The predicted molar refractivity (Wildman–Crippen MR) is 53.5 cm³/mol. The maximum atomic E-state index is 11.5. The molecule has 1 aliphatic rings. The van der Waals surface area contributed by atoms with Crippen LogP contribution >= 0.6 is 0 Å². The molecular weight excluding hydrogens is 204 g/mol. The summed E-state index contributed by atoms with van der Waals surface area (Å²) in [5.74, 6) is -0.734. The topological polar surface area (TPSA) is 80.5 Å². The molecule has 0 saturated carbocycles. The molecule has 0 aromatic rings. The van der Waals surface area contributed by atoms with Gasteiger partial charge in [0.2, 0.25) is 5.91 Å². The number of hydrogen-bond donors (Lipinski definition) is 1. The molecule has 1 amide bonds. The number of piperidine rings is 1. The summed E-state index contributed by atoms with van der Waals surface area (Å²) < 4.78 is 21.8. The zero-order valence-electron chi connectivity index (χ0n) is 8.27. The van der Waals surface area contributed by atoms with Crippen molar-refractivity contribution in [3.63, 3.8) is 0 Å². The van der Waals surface area contributed by atoms with Crippen LogP contribution in [-0.4, -0.2) is 50.4 Å². The summed E-state index contributed by atoms with van der Waals surface area (Å²) in [6.45, 7) is 1.11. The second-order valence-corrected chi connectivity index (χ2v) is 5.95. The van der Waals surface area contributed by atoms with Gasteiger partial charge in [-0.3, -0.25) is 4.79 Å².